The summed E-state index contributed by atoms with van der Waals surface area (Å²) in [4.78, 5) is 23.9. The Morgan fingerprint density at radius 2 is 2.11 bits per heavy atom. The molecule has 0 aliphatic heterocycles. The van der Waals surface area contributed by atoms with E-state index in [0.717, 1.165) is 12.1 Å². The molecule has 0 radical (unpaired) electrons. The van der Waals surface area contributed by atoms with Crippen LogP contribution < -0.4 is 0 Å². The van der Waals surface area contributed by atoms with Gasteiger partial charge in [-0.05, 0) is 24.6 Å². The average molecular weight is 274 g/mol. The van der Waals surface area contributed by atoms with Gasteiger partial charge < -0.3 is 10.0 Å². The third-order valence-electron chi connectivity index (χ3n) is 2.27. The molecule has 4 nitrogen and oxygen atoms in total. The highest BCUT2D eigenvalue weighted by Gasteiger charge is 2.20. The van der Waals surface area contributed by atoms with Crippen LogP contribution in [0, 0.1) is 5.82 Å². The smallest absolute Gasteiger partial charge is 0.323 e. The van der Waals surface area contributed by atoms with Gasteiger partial charge in [-0.25, -0.2) is 4.39 Å². The van der Waals surface area contributed by atoms with Crippen LogP contribution in [0.2, 0.25) is 5.02 Å². The number of nitrogens with zero attached hydrogens (tertiary/aromatic N) is 1. The molecule has 1 aromatic rings. The molecule has 18 heavy (non-hydrogen) atoms. The average Bonchev–Trinajstić information content (AvgIpc) is 2.27. The summed E-state index contributed by atoms with van der Waals surface area (Å²) in [5.41, 5.74) is 0.104. The Kier molecular flexibility index (Phi) is 5.09. The van der Waals surface area contributed by atoms with Crippen LogP contribution in [-0.2, 0) is 4.79 Å². The summed E-state index contributed by atoms with van der Waals surface area (Å²) in [6.45, 7) is 1.73. The maximum atomic E-state index is 12.9. The number of carboxylic acids is 1. The third kappa shape index (κ3) is 3.70. The standard InChI is InChI=1S/C12H13ClFNO3/c1-2-5-15(7-11(16)17)12(18)9-4-3-8(14)6-10(9)13/h3-4,6H,2,5,7H2,1H3,(H,16,17). The van der Waals surface area contributed by atoms with E-state index in [4.69, 9.17) is 16.7 Å². The normalized spacial score (nSPS) is 10.2. The van der Waals surface area contributed by atoms with E-state index in [1.807, 2.05) is 6.92 Å². The summed E-state index contributed by atoms with van der Waals surface area (Å²) >= 11 is 5.77. The molecule has 1 N–H and O–H groups in total. The predicted molar refractivity (Wildman–Crippen MR) is 65.2 cm³/mol. The van der Waals surface area contributed by atoms with Crippen LogP contribution in [0.15, 0.2) is 18.2 Å². The Labute approximate surface area is 109 Å². The third-order valence-corrected chi connectivity index (χ3v) is 2.58. The lowest BCUT2D eigenvalue weighted by molar-refractivity contribution is -0.137. The highest BCUT2D eigenvalue weighted by atomic mass is 35.5. The highest BCUT2D eigenvalue weighted by Crippen LogP contribution is 2.19. The number of aliphatic carboxylic acids is 1. The lowest BCUT2D eigenvalue weighted by Crippen LogP contribution is -2.36. The summed E-state index contributed by atoms with van der Waals surface area (Å²) in [6.07, 6.45) is 0.623. The second-order valence-corrected chi connectivity index (χ2v) is 4.15. The van der Waals surface area contributed by atoms with Crippen molar-refractivity contribution in [3.05, 3.63) is 34.6 Å². The summed E-state index contributed by atoms with van der Waals surface area (Å²) in [5, 5.41) is 8.71. The van der Waals surface area contributed by atoms with Gasteiger partial charge >= 0.3 is 5.97 Å². The van der Waals surface area contributed by atoms with Crippen molar-refractivity contribution in [2.24, 2.45) is 0 Å². The van der Waals surface area contributed by atoms with Crippen LogP contribution in [-0.4, -0.2) is 35.0 Å². The summed E-state index contributed by atoms with van der Waals surface area (Å²) < 4.78 is 12.9. The van der Waals surface area contributed by atoms with Crippen molar-refractivity contribution in [2.45, 2.75) is 13.3 Å². The Morgan fingerprint density at radius 3 is 2.61 bits per heavy atom. The Hall–Kier alpha value is -1.62. The summed E-state index contributed by atoms with van der Waals surface area (Å²) in [7, 11) is 0. The number of benzene rings is 1. The molecule has 0 fully saturated rings. The maximum Gasteiger partial charge on any atom is 0.323 e. The topological polar surface area (TPSA) is 57.6 Å². The lowest BCUT2D eigenvalue weighted by Gasteiger charge is -2.20. The van der Waals surface area contributed by atoms with E-state index in [1.54, 1.807) is 0 Å². The van der Waals surface area contributed by atoms with Crippen molar-refractivity contribution in [1.82, 2.24) is 4.90 Å². The molecule has 1 amide bonds. The van der Waals surface area contributed by atoms with Gasteiger partial charge in [0.25, 0.3) is 5.91 Å². The van der Waals surface area contributed by atoms with E-state index < -0.39 is 24.2 Å². The molecule has 0 aromatic heterocycles. The fourth-order valence-electron chi connectivity index (χ4n) is 1.52. The Balaban J connectivity index is 2.97. The summed E-state index contributed by atoms with van der Waals surface area (Å²) in [5.74, 6) is -2.16. The number of rotatable bonds is 5. The molecule has 0 aliphatic rings. The second-order valence-electron chi connectivity index (χ2n) is 3.74. The van der Waals surface area contributed by atoms with Crippen LogP contribution >= 0.6 is 11.6 Å². The molecular weight excluding hydrogens is 261 g/mol. The molecule has 0 saturated carbocycles. The van der Waals surface area contributed by atoms with Crippen LogP contribution in [0.1, 0.15) is 23.7 Å². The first-order chi connectivity index (χ1) is 8.45. The van der Waals surface area contributed by atoms with Crippen molar-refractivity contribution in [1.29, 1.82) is 0 Å². The Morgan fingerprint density at radius 1 is 1.44 bits per heavy atom. The maximum absolute atomic E-state index is 12.9. The van der Waals surface area contributed by atoms with E-state index in [-0.39, 0.29) is 10.6 Å². The van der Waals surface area contributed by atoms with Gasteiger partial charge in [-0.3, -0.25) is 9.59 Å². The number of hydrogen-bond acceptors (Lipinski definition) is 2. The summed E-state index contributed by atoms with van der Waals surface area (Å²) in [6, 6.07) is 3.40. The van der Waals surface area contributed by atoms with Crippen LogP contribution in [0.4, 0.5) is 4.39 Å². The molecule has 0 aliphatic carbocycles. The first kappa shape index (κ1) is 14.4. The number of carbonyl (C=O) groups is 2. The zero-order valence-corrected chi connectivity index (χ0v) is 10.6. The molecule has 0 spiro atoms. The van der Waals surface area contributed by atoms with Gasteiger partial charge in [0.15, 0.2) is 0 Å². The van der Waals surface area contributed by atoms with E-state index in [9.17, 15) is 14.0 Å². The second kappa shape index (κ2) is 6.35. The van der Waals surface area contributed by atoms with Crippen molar-refractivity contribution < 1.29 is 19.1 Å². The molecule has 0 saturated heterocycles. The van der Waals surface area contributed by atoms with Gasteiger partial charge in [0.1, 0.15) is 12.4 Å². The highest BCUT2D eigenvalue weighted by molar-refractivity contribution is 6.33. The molecule has 1 aromatic carbocycles. The van der Waals surface area contributed by atoms with E-state index >= 15 is 0 Å². The molecule has 0 heterocycles. The molecular formula is C12H13ClFNO3. The van der Waals surface area contributed by atoms with Gasteiger partial charge in [-0.1, -0.05) is 18.5 Å². The first-order valence-electron chi connectivity index (χ1n) is 5.41. The quantitative estimate of drug-likeness (QED) is 0.896. The largest absolute Gasteiger partial charge is 0.480 e. The number of hydrogen-bond donors (Lipinski definition) is 1. The SMILES string of the molecule is CCCN(CC(=O)O)C(=O)c1ccc(F)cc1Cl. The number of carboxylic acid groups (broad SMARTS) is 1. The van der Waals surface area contributed by atoms with Crippen molar-refractivity contribution in [3.63, 3.8) is 0 Å². The Bertz CT molecular complexity index is 465. The molecule has 98 valence electrons. The minimum Gasteiger partial charge on any atom is -0.480 e. The van der Waals surface area contributed by atoms with Gasteiger partial charge in [0.2, 0.25) is 0 Å². The van der Waals surface area contributed by atoms with Crippen molar-refractivity contribution >= 4 is 23.5 Å². The first-order valence-corrected chi connectivity index (χ1v) is 5.79. The van der Waals surface area contributed by atoms with Crippen LogP contribution in [0.3, 0.4) is 0 Å². The number of amides is 1. The molecule has 0 atom stereocenters. The lowest BCUT2D eigenvalue weighted by atomic mass is 10.2. The molecule has 6 heteroatoms. The molecule has 0 unspecified atom stereocenters. The van der Waals surface area contributed by atoms with Crippen LogP contribution in [0.25, 0.3) is 0 Å². The predicted octanol–water partition coefficient (Wildman–Crippen LogP) is 2.42. The van der Waals surface area contributed by atoms with Gasteiger partial charge in [-0.15, -0.1) is 0 Å². The fraction of sp³-hybridized carbons (Fsp3) is 0.333. The zero-order chi connectivity index (χ0) is 13.7. The van der Waals surface area contributed by atoms with Gasteiger partial charge in [0, 0.05) is 6.54 Å². The van der Waals surface area contributed by atoms with Gasteiger partial charge in [-0.2, -0.15) is 0 Å². The van der Waals surface area contributed by atoms with E-state index in [2.05, 4.69) is 0 Å². The fourth-order valence-corrected chi connectivity index (χ4v) is 1.77. The minimum absolute atomic E-state index is 0.0218. The van der Waals surface area contributed by atoms with Crippen LogP contribution in [0.5, 0.6) is 0 Å². The van der Waals surface area contributed by atoms with Crippen molar-refractivity contribution in [3.8, 4) is 0 Å². The number of carbonyl (C=O) groups excluding carboxylic acids is 1. The van der Waals surface area contributed by atoms with Crippen molar-refractivity contribution in [2.75, 3.05) is 13.1 Å². The molecule has 1 rings (SSSR count). The zero-order valence-electron chi connectivity index (χ0n) is 9.82. The monoisotopic (exact) mass is 273 g/mol. The van der Waals surface area contributed by atoms with Gasteiger partial charge in [0.05, 0.1) is 10.6 Å². The molecule has 0 bridgehead atoms. The van der Waals surface area contributed by atoms with E-state index in [0.29, 0.717) is 13.0 Å². The number of halogens is 2. The van der Waals surface area contributed by atoms with E-state index in [1.165, 1.54) is 11.0 Å². The minimum atomic E-state index is -1.10.